The molecule has 1 unspecified atom stereocenters. The first-order valence-corrected chi connectivity index (χ1v) is 9.94. The Kier molecular flexibility index (Phi) is 10.7. The van der Waals surface area contributed by atoms with E-state index in [2.05, 4.69) is 5.32 Å². The Morgan fingerprint density at radius 3 is 0.927 bits per heavy atom. The Bertz CT molecular complexity index is 1060. The second-order valence-corrected chi connectivity index (χ2v) is 7.42. The number of benzene rings is 1. The summed E-state index contributed by atoms with van der Waals surface area (Å²) in [5, 5.41) is 2.20. The lowest BCUT2D eigenvalue weighted by Gasteiger charge is -2.41. The molecular formula is C16H6F18NO5S-. The first-order chi connectivity index (χ1) is 17.8. The highest BCUT2D eigenvalue weighted by Gasteiger charge is 2.95. The highest BCUT2D eigenvalue weighted by molar-refractivity contribution is 7.73. The van der Waals surface area contributed by atoms with Gasteiger partial charge in [0.05, 0.1) is 22.5 Å². The number of alkyl halides is 18. The van der Waals surface area contributed by atoms with Crippen LogP contribution in [0, 0.1) is 0 Å². The molecule has 2 N–H and O–H groups in total. The van der Waals surface area contributed by atoms with Crippen LogP contribution in [0.3, 0.4) is 0 Å². The lowest BCUT2D eigenvalue weighted by atomic mass is 9.91. The molecule has 0 aromatic heterocycles. The second kappa shape index (κ2) is 11.4. The molecule has 0 bridgehead atoms. The highest BCUT2D eigenvalue weighted by atomic mass is 32.2. The molecule has 1 aliphatic heterocycles. The Labute approximate surface area is 214 Å². The van der Waals surface area contributed by atoms with E-state index in [0.29, 0.717) is 11.1 Å². The molecule has 0 spiro atoms. The minimum absolute atomic E-state index is 0.300. The average molecular weight is 666 g/mol. The quantitative estimate of drug-likeness (QED) is 0.234. The van der Waals surface area contributed by atoms with Gasteiger partial charge < -0.3 is 9.11 Å². The summed E-state index contributed by atoms with van der Waals surface area (Å²) in [6.07, 6.45) is -15.6. The molecule has 0 fully saturated rings. The highest BCUT2D eigenvalue weighted by Crippen LogP contribution is 2.64. The normalized spacial score (nSPS) is 16.1. The lowest BCUT2D eigenvalue weighted by Crippen LogP contribution is -2.74. The van der Waals surface area contributed by atoms with Crippen molar-refractivity contribution < 1.29 is 102 Å². The molecule has 1 aliphatic rings. The topological polar surface area (TPSA) is 107 Å². The van der Waals surface area contributed by atoms with Crippen LogP contribution in [0.2, 0.25) is 0 Å². The zero-order chi connectivity index (χ0) is 33.4. The van der Waals surface area contributed by atoms with Crippen molar-refractivity contribution in [1.29, 1.82) is 0 Å². The van der Waals surface area contributed by atoms with E-state index in [4.69, 9.17) is 13.3 Å². The third-order valence-electron chi connectivity index (χ3n) is 4.33. The molecule has 41 heavy (non-hydrogen) atoms. The molecule has 1 atom stereocenters. The monoisotopic (exact) mass is 666 g/mol. The molecule has 1 heterocycles. The van der Waals surface area contributed by atoms with Crippen LogP contribution in [0.25, 0.3) is 0 Å². The van der Waals surface area contributed by atoms with E-state index >= 15 is 0 Å². The number of hydrogen-bond acceptors (Lipinski definition) is 4. The maximum absolute atomic E-state index is 12.8. The van der Waals surface area contributed by atoms with Crippen molar-refractivity contribution in [3.63, 3.8) is 0 Å². The summed E-state index contributed by atoms with van der Waals surface area (Å²) < 4.78 is 245. The first kappa shape index (κ1) is 38.2. The van der Waals surface area contributed by atoms with Crippen LogP contribution < -0.4 is 5.32 Å². The van der Waals surface area contributed by atoms with Crippen molar-refractivity contribution in [3.05, 3.63) is 35.4 Å². The van der Waals surface area contributed by atoms with E-state index in [1.807, 2.05) is 0 Å². The molecule has 2 amide bonds. The summed E-state index contributed by atoms with van der Waals surface area (Å²) in [5.41, 5.74) is 0.940. The summed E-state index contributed by atoms with van der Waals surface area (Å²) >= 11 is -2.86. The molecule has 0 saturated heterocycles. The van der Waals surface area contributed by atoms with Gasteiger partial charge in [-0.05, 0) is 12.1 Å². The SMILES string of the molecule is FC(F)(F)C(F)(F)C(F)(F)C(F)(F)C(F)(F)C(F)(F)C(F)(F)C(F)(F)F.O=C1NC(=O)c2ccccc21.O=S([O-])O. The number of fused-ring (bicyclic) bond motifs is 1. The molecule has 25 heteroatoms. The van der Waals surface area contributed by atoms with Gasteiger partial charge in [-0.15, -0.1) is 0 Å². The smallest absolute Gasteiger partial charge is 0.460 e. The van der Waals surface area contributed by atoms with Crippen molar-refractivity contribution in [2.75, 3.05) is 0 Å². The van der Waals surface area contributed by atoms with Crippen LogP contribution >= 0.6 is 0 Å². The number of imide groups is 1. The van der Waals surface area contributed by atoms with Crippen molar-refractivity contribution in [1.82, 2.24) is 5.32 Å². The van der Waals surface area contributed by atoms with E-state index in [-0.39, 0.29) is 11.8 Å². The Balaban J connectivity index is 0.000000859. The Morgan fingerprint density at radius 2 is 0.732 bits per heavy atom. The largest absolute Gasteiger partial charge is 0.750 e. The molecule has 0 aliphatic carbocycles. The van der Waals surface area contributed by atoms with Crippen LogP contribution in [-0.4, -0.2) is 73.0 Å². The van der Waals surface area contributed by atoms with Gasteiger partial charge in [-0.25, -0.2) is 4.21 Å². The number of nitrogens with one attached hydrogen (secondary N) is 1. The van der Waals surface area contributed by atoms with Gasteiger partial charge in [0.25, 0.3) is 11.8 Å². The zero-order valence-corrected chi connectivity index (χ0v) is 18.9. The second-order valence-electron chi connectivity index (χ2n) is 6.99. The van der Waals surface area contributed by atoms with Gasteiger partial charge >= 0.3 is 47.9 Å². The van der Waals surface area contributed by atoms with E-state index in [1.165, 1.54) is 0 Å². The number of hydrogen-bond donors (Lipinski definition) is 2. The predicted molar refractivity (Wildman–Crippen MR) is 91.6 cm³/mol. The number of carbonyl (C=O) groups excluding carboxylic acids is 2. The fourth-order valence-corrected chi connectivity index (χ4v) is 2.26. The predicted octanol–water partition coefficient (Wildman–Crippen LogP) is 5.83. The van der Waals surface area contributed by atoms with Crippen molar-refractivity contribution in [2.24, 2.45) is 0 Å². The van der Waals surface area contributed by atoms with Gasteiger partial charge in [-0.1, -0.05) is 12.1 Å². The average Bonchev–Trinajstić information content (AvgIpc) is 3.05. The third kappa shape index (κ3) is 6.65. The Morgan fingerprint density at radius 1 is 0.537 bits per heavy atom. The van der Waals surface area contributed by atoms with Gasteiger partial charge in [-0.2, -0.15) is 79.0 Å². The zero-order valence-electron chi connectivity index (χ0n) is 18.1. The Hall–Kier alpha value is -2.83. The van der Waals surface area contributed by atoms with Crippen molar-refractivity contribution in [3.8, 4) is 0 Å². The maximum Gasteiger partial charge on any atom is 0.460 e. The molecule has 1 aromatic carbocycles. The summed E-state index contributed by atoms with van der Waals surface area (Å²) in [5.74, 6) is -51.6. The minimum atomic E-state index is -8.72. The fourth-order valence-electron chi connectivity index (χ4n) is 2.26. The van der Waals surface area contributed by atoms with Crippen LogP contribution in [0.15, 0.2) is 24.3 Å². The van der Waals surface area contributed by atoms with Crippen molar-refractivity contribution >= 4 is 23.2 Å². The standard InChI is InChI=1S/C8F18.C8H5NO2.H2O3S/c9-1(10,3(13,14)5(17,18)7(21,22)23)2(11,12)4(15,16)6(19,20)8(24,25)26;10-7-5-3-1-2-4-6(5)8(11)9-7;1-4(2)3/h;1-4H,(H,9,10,11);(H2,1,2,3)/p-1. The van der Waals surface area contributed by atoms with E-state index in [0.717, 1.165) is 0 Å². The van der Waals surface area contributed by atoms with Crippen LogP contribution in [-0.2, 0) is 11.4 Å². The van der Waals surface area contributed by atoms with Gasteiger partial charge in [0.1, 0.15) is 0 Å². The molecule has 0 saturated carbocycles. The fraction of sp³-hybridized carbons (Fsp3) is 0.500. The molecule has 1 aromatic rings. The summed E-state index contributed by atoms with van der Waals surface area (Å²) in [4.78, 5) is 21.9. The summed E-state index contributed by atoms with van der Waals surface area (Å²) in [7, 11) is 0. The van der Waals surface area contributed by atoms with Gasteiger partial charge in [0.2, 0.25) is 0 Å². The molecule has 238 valence electrons. The summed E-state index contributed by atoms with van der Waals surface area (Å²) in [6.45, 7) is 0. The molecule has 0 radical (unpaired) electrons. The van der Waals surface area contributed by atoms with E-state index in [9.17, 15) is 88.6 Å². The van der Waals surface area contributed by atoms with E-state index < -0.39 is 59.2 Å². The first-order valence-electron chi connectivity index (χ1n) is 8.90. The third-order valence-corrected chi connectivity index (χ3v) is 4.33. The van der Waals surface area contributed by atoms with Crippen LogP contribution in [0.1, 0.15) is 20.7 Å². The number of carbonyl (C=O) groups is 2. The van der Waals surface area contributed by atoms with Gasteiger partial charge in [0.15, 0.2) is 0 Å². The van der Waals surface area contributed by atoms with E-state index in [1.54, 1.807) is 24.3 Å². The van der Waals surface area contributed by atoms with Gasteiger partial charge in [-0.3, -0.25) is 14.9 Å². The molecule has 2 rings (SSSR count). The number of halogens is 18. The lowest BCUT2D eigenvalue weighted by molar-refractivity contribution is -0.468. The number of amides is 2. The molecule has 6 nitrogen and oxygen atoms in total. The van der Waals surface area contributed by atoms with Crippen LogP contribution in [0.4, 0.5) is 79.0 Å². The minimum Gasteiger partial charge on any atom is -0.750 e. The molecular weight excluding hydrogens is 660 g/mol. The maximum atomic E-state index is 12.8. The number of rotatable bonds is 5. The summed E-state index contributed by atoms with van der Waals surface area (Å²) in [6, 6.07) is 6.74. The van der Waals surface area contributed by atoms with Crippen molar-refractivity contribution in [2.45, 2.75) is 47.9 Å². The van der Waals surface area contributed by atoms with Crippen LogP contribution in [0.5, 0.6) is 0 Å². The van der Waals surface area contributed by atoms with Gasteiger partial charge in [0, 0.05) is 0 Å².